The van der Waals surface area contributed by atoms with Crippen molar-refractivity contribution in [2.45, 2.75) is 13.5 Å². The molecule has 0 aliphatic carbocycles. The summed E-state index contributed by atoms with van der Waals surface area (Å²) in [6.45, 7) is 2.44. The van der Waals surface area contributed by atoms with Crippen LogP contribution in [-0.4, -0.2) is 22.6 Å². The van der Waals surface area contributed by atoms with E-state index in [1.165, 1.54) is 4.90 Å². The van der Waals surface area contributed by atoms with Crippen LogP contribution in [0, 0.1) is 18.5 Å². The smallest absolute Gasteiger partial charge is 0.293 e. The van der Waals surface area contributed by atoms with E-state index >= 15 is 0 Å². The van der Waals surface area contributed by atoms with Gasteiger partial charge in [-0.1, -0.05) is 18.2 Å². The SMILES string of the molecule is CCN1C(=O)S/C(=C/c2cc(I)c(OCc3ccccc3C#N)c(I)c2)C1=O. The summed E-state index contributed by atoms with van der Waals surface area (Å²) >= 11 is 5.33. The number of hydrogen-bond acceptors (Lipinski definition) is 5. The third kappa shape index (κ3) is 4.52. The summed E-state index contributed by atoms with van der Waals surface area (Å²) in [6, 6.07) is 13.3. The topological polar surface area (TPSA) is 70.4 Å². The fraction of sp³-hybridized carbons (Fsp3) is 0.150. The average Bonchev–Trinajstić information content (AvgIpc) is 2.94. The van der Waals surface area contributed by atoms with E-state index in [9.17, 15) is 14.9 Å². The summed E-state index contributed by atoms with van der Waals surface area (Å²) in [4.78, 5) is 25.8. The van der Waals surface area contributed by atoms with Crippen LogP contribution >= 0.6 is 56.9 Å². The normalized spacial score (nSPS) is 15.2. The molecule has 2 aromatic carbocycles. The molecule has 5 nitrogen and oxygen atoms in total. The third-order valence-electron chi connectivity index (χ3n) is 4.02. The van der Waals surface area contributed by atoms with Gasteiger partial charge in [-0.05, 0) is 93.7 Å². The molecule has 1 aliphatic rings. The fourth-order valence-electron chi connectivity index (χ4n) is 2.63. The number of nitriles is 1. The van der Waals surface area contributed by atoms with Gasteiger partial charge in [-0.2, -0.15) is 5.26 Å². The molecule has 0 saturated carbocycles. The maximum Gasteiger partial charge on any atom is 0.293 e. The van der Waals surface area contributed by atoms with E-state index in [0.29, 0.717) is 23.6 Å². The minimum Gasteiger partial charge on any atom is -0.487 e. The van der Waals surface area contributed by atoms with E-state index in [2.05, 4.69) is 51.3 Å². The molecule has 0 radical (unpaired) electrons. The number of carbonyl (C=O) groups excluding carboxylic acids is 2. The van der Waals surface area contributed by atoms with Crippen molar-refractivity contribution in [3.05, 3.63) is 65.1 Å². The van der Waals surface area contributed by atoms with Crippen LogP contribution in [0.3, 0.4) is 0 Å². The minimum atomic E-state index is -0.254. The predicted octanol–water partition coefficient (Wildman–Crippen LogP) is 5.40. The van der Waals surface area contributed by atoms with Gasteiger partial charge in [0.25, 0.3) is 11.1 Å². The molecule has 0 aromatic heterocycles. The molecule has 2 aromatic rings. The Balaban J connectivity index is 1.82. The molecule has 1 fully saturated rings. The summed E-state index contributed by atoms with van der Waals surface area (Å²) in [5.74, 6) is 0.476. The van der Waals surface area contributed by atoms with Crippen LogP contribution in [0.5, 0.6) is 5.75 Å². The Labute approximate surface area is 194 Å². The summed E-state index contributed by atoms with van der Waals surface area (Å²) in [5.41, 5.74) is 2.25. The molecule has 3 rings (SSSR count). The van der Waals surface area contributed by atoms with E-state index in [0.717, 1.165) is 35.8 Å². The Morgan fingerprint density at radius 2 is 1.89 bits per heavy atom. The van der Waals surface area contributed by atoms with Crippen LogP contribution in [0.4, 0.5) is 4.79 Å². The van der Waals surface area contributed by atoms with Crippen molar-refractivity contribution in [1.29, 1.82) is 5.26 Å². The number of benzene rings is 2. The molecular formula is C20H14I2N2O3S. The highest BCUT2D eigenvalue weighted by Crippen LogP contribution is 2.35. The van der Waals surface area contributed by atoms with Gasteiger partial charge in [0.1, 0.15) is 12.4 Å². The lowest BCUT2D eigenvalue weighted by atomic mass is 10.1. The molecule has 1 aliphatic heterocycles. The molecular weight excluding hydrogens is 602 g/mol. The molecule has 0 N–H and O–H groups in total. The van der Waals surface area contributed by atoms with Crippen molar-refractivity contribution in [3.8, 4) is 11.8 Å². The van der Waals surface area contributed by atoms with Gasteiger partial charge in [-0.15, -0.1) is 0 Å². The van der Waals surface area contributed by atoms with Crippen molar-refractivity contribution < 1.29 is 14.3 Å². The lowest BCUT2D eigenvalue weighted by Gasteiger charge is -2.12. The zero-order valence-electron chi connectivity index (χ0n) is 14.7. The van der Waals surface area contributed by atoms with Gasteiger partial charge in [-0.25, -0.2) is 0 Å². The molecule has 28 heavy (non-hydrogen) atoms. The van der Waals surface area contributed by atoms with Gasteiger partial charge in [0.05, 0.1) is 23.7 Å². The van der Waals surface area contributed by atoms with Crippen molar-refractivity contribution >= 4 is 74.2 Å². The van der Waals surface area contributed by atoms with Crippen LogP contribution in [0.2, 0.25) is 0 Å². The quantitative estimate of drug-likeness (QED) is 0.333. The molecule has 0 atom stereocenters. The molecule has 1 saturated heterocycles. The number of halogens is 2. The second-order valence-electron chi connectivity index (χ2n) is 5.80. The van der Waals surface area contributed by atoms with Gasteiger partial charge in [0.2, 0.25) is 0 Å². The first-order valence-corrected chi connectivity index (χ1v) is 11.3. The van der Waals surface area contributed by atoms with Gasteiger partial charge in [0, 0.05) is 12.1 Å². The largest absolute Gasteiger partial charge is 0.487 e. The van der Waals surface area contributed by atoms with Crippen molar-refractivity contribution in [2.24, 2.45) is 0 Å². The minimum absolute atomic E-state index is 0.237. The van der Waals surface area contributed by atoms with Gasteiger partial charge < -0.3 is 4.74 Å². The van der Waals surface area contributed by atoms with Crippen molar-refractivity contribution in [2.75, 3.05) is 6.54 Å². The van der Waals surface area contributed by atoms with Crippen LogP contribution in [0.1, 0.15) is 23.6 Å². The predicted molar refractivity (Wildman–Crippen MR) is 126 cm³/mol. The van der Waals surface area contributed by atoms with Crippen LogP contribution in [-0.2, 0) is 11.4 Å². The first kappa shape index (κ1) is 21.1. The lowest BCUT2D eigenvalue weighted by molar-refractivity contribution is -0.122. The van der Waals surface area contributed by atoms with Gasteiger partial charge in [0.15, 0.2) is 0 Å². The Hall–Kier alpha value is -1.58. The highest BCUT2D eigenvalue weighted by atomic mass is 127. The lowest BCUT2D eigenvalue weighted by Crippen LogP contribution is -2.27. The van der Waals surface area contributed by atoms with E-state index in [1.54, 1.807) is 19.1 Å². The highest BCUT2D eigenvalue weighted by Gasteiger charge is 2.33. The first-order chi connectivity index (χ1) is 13.4. The number of imide groups is 1. The van der Waals surface area contributed by atoms with Crippen LogP contribution < -0.4 is 4.74 Å². The summed E-state index contributed by atoms with van der Waals surface area (Å²) in [7, 11) is 0. The second-order valence-corrected chi connectivity index (χ2v) is 9.11. The van der Waals surface area contributed by atoms with E-state index in [-0.39, 0.29) is 11.1 Å². The number of ether oxygens (including phenoxy) is 1. The molecule has 0 bridgehead atoms. The highest BCUT2D eigenvalue weighted by molar-refractivity contribution is 14.1. The average molecular weight is 616 g/mol. The van der Waals surface area contributed by atoms with Crippen LogP contribution in [0.25, 0.3) is 6.08 Å². The standard InChI is InChI=1S/C20H14I2N2O3S/c1-2-24-19(25)17(28-20(24)26)9-12-7-15(21)18(16(22)8-12)27-11-14-6-4-3-5-13(14)10-23/h3-9H,2,11H2,1H3/b17-9+. The second kappa shape index (κ2) is 9.28. The molecule has 2 amide bonds. The van der Waals surface area contributed by atoms with Crippen molar-refractivity contribution in [3.63, 3.8) is 0 Å². The van der Waals surface area contributed by atoms with E-state index in [4.69, 9.17) is 4.74 Å². The summed E-state index contributed by atoms with van der Waals surface area (Å²) in [5, 5.41) is 8.96. The molecule has 142 valence electrons. The maximum absolute atomic E-state index is 12.3. The summed E-state index contributed by atoms with van der Waals surface area (Å²) in [6.07, 6.45) is 1.74. The third-order valence-corrected chi connectivity index (χ3v) is 6.53. The van der Waals surface area contributed by atoms with Crippen molar-refractivity contribution in [1.82, 2.24) is 4.90 Å². The monoisotopic (exact) mass is 616 g/mol. The zero-order chi connectivity index (χ0) is 20.3. The molecule has 0 spiro atoms. The number of thioether (sulfide) groups is 1. The van der Waals surface area contributed by atoms with Gasteiger partial charge in [-0.3, -0.25) is 14.5 Å². The number of amides is 2. The molecule has 8 heteroatoms. The Morgan fingerprint density at radius 3 is 2.50 bits per heavy atom. The number of hydrogen-bond donors (Lipinski definition) is 0. The van der Waals surface area contributed by atoms with E-state index < -0.39 is 0 Å². The summed E-state index contributed by atoms with van der Waals surface area (Å²) < 4.78 is 7.75. The molecule has 0 unspecified atom stereocenters. The zero-order valence-corrected chi connectivity index (χ0v) is 19.9. The maximum atomic E-state index is 12.3. The van der Waals surface area contributed by atoms with E-state index in [1.807, 2.05) is 30.3 Å². The Bertz CT molecular complexity index is 1010. The number of rotatable bonds is 5. The number of likely N-dealkylation sites (N-methyl/N-ethyl adjacent to an activating group) is 1. The number of nitrogens with zero attached hydrogens (tertiary/aromatic N) is 2. The fourth-order valence-corrected chi connectivity index (χ4v) is 5.66. The van der Waals surface area contributed by atoms with Gasteiger partial charge >= 0.3 is 0 Å². The Morgan fingerprint density at radius 1 is 1.21 bits per heavy atom. The Kier molecular flexibility index (Phi) is 7.00. The molecule has 1 heterocycles. The first-order valence-electron chi connectivity index (χ1n) is 8.29. The van der Waals surface area contributed by atoms with Crippen LogP contribution in [0.15, 0.2) is 41.3 Å². The number of carbonyl (C=O) groups is 2.